The van der Waals surface area contributed by atoms with E-state index in [0.29, 0.717) is 12.0 Å². The molecule has 94 valence electrons. The van der Waals surface area contributed by atoms with E-state index in [9.17, 15) is 13.6 Å². The van der Waals surface area contributed by atoms with E-state index in [2.05, 4.69) is 15.9 Å². The van der Waals surface area contributed by atoms with Crippen LogP contribution in [0.4, 0.5) is 8.78 Å². The van der Waals surface area contributed by atoms with E-state index in [-0.39, 0.29) is 17.3 Å². The Morgan fingerprint density at radius 1 is 1.47 bits per heavy atom. The van der Waals surface area contributed by atoms with Crippen LogP contribution in [0.1, 0.15) is 18.9 Å². The summed E-state index contributed by atoms with van der Waals surface area (Å²) in [5, 5.41) is 0. The Labute approximate surface area is 108 Å². The monoisotopic (exact) mass is 305 g/mol. The maximum Gasteiger partial charge on any atom is 0.236 e. The molecule has 0 N–H and O–H groups in total. The molecule has 0 heterocycles. The van der Waals surface area contributed by atoms with E-state index in [1.807, 2.05) is 6.92 Å². The zero-order chi connectivity index (χ0) is 13.0. The zero-order valence-electron chi connectivity index (χ0n) is 9.71. The summed E-state index contributed by atoms with van der Waals surface area (Å²) in [6.45, 7) is 2.01. The maximum absolute atomic E-state index is 13.4. The molecule has 17 heavy (non-hydrogen) atoms. The highest BCUT2D eigenvalue weighted by molar-refractivity contribution is 9.10. The Balaban J connectivity index is 2.74. The molecule has 0 saturated carbocycles. The molecule has 0 saturated heterocycles. The lowest BCUT2D eigenvalue weighted by Crippen LogP contribution is -2.32. The van der Waals surface area contributed by atoms with Gasteiger partial charge in [-0.1, -0.05) is 28.9 Å². The molecule has 1 amide bonds. The van der Waals surface area contributed by atoms with Crippen molar-refractivity contribution in [2.45, 2.75) is 24.7 Å². The second-order valence-electron chi connectivity index (χ2n) is 3.81. The average molecular weight is 306 g/mol. The highest BCUT2D eigenvalue weighted by Gasteiger charge is 2.18. The van der Waals surface area contributed by atoms with Gasteiger partial charge in [-0.15, -0.1) is 0 Å². The van der Waals surface area contributed by atoms with Gasteiger partial charge in [0.25, 0.3) is 0 Å². The molecule has 0 spiro atoms. The molecule has 2 nitrogen and oxygen atoms in total. The summed E-state index contributed by atoms with van der Waals surface area (Å²) < 4.78 is 26.1. The number of benzene rings is 1. The fourth-order valence-electron chi connectivity index (χ4n) is 1.40. The smallest absolute Gasteiger partial charge is 0.236 e. The number of rotatable bonds is 4. The molecule has 1 atom stereocenters. The third kappa shape index (κ3) is 3.77. The van der Waals surface area contributed by atoms with Gasteiger partial charge >= 0.3 is 0 Å². The quantitative estimate of drug-likeness (QED) is 0.783. The normalized spacial score (nSPS) is 12.3. The molecule has 0 aromatic heterocycles. The molecule has 0 radical (unpaired) electrons. The van der Waals surface area contributed by atoms with Crippen molar-refractivity contribution < 1.29 is 13.6 Å². The van der Waals surface area contributed by atoms with Gasteiger partial charge in [-0.05, 0) is 12.5 Å². The molecule has 1 aromatic carbocycles. The fraction of sp³-hybridized carbons (Fsp3) is 0.417. The molecule has 1 unspecified atom stereocenters. The number of hydrogen-bond donors (Lipinski definition) is 0. The molecule has 5 heteroatoms. The van der Waals surface area contributed by atoms with Crippen LogP contribution in [-0.4, -0.2) is 22.7 Å². The molecule has 0 aliphatic rings. The van der Waals surface area contributed by atoms with Gasteiger partial charge in [0.15, 0.2) is 0 Å². The van der Waals surface area contributed by atoms with Crippen molar-refractivity contribution in [2.75, 3.05) is 7.05 Å². The first-order valence-corrected chi connectivity index (χ1v) is 6.20. The number of halogens is 3. The van der Waals surface area contributed by atoms with Gasteiger partial charge < -0.3 is 4.90 Å². The van der Waals surface area contributed by atoms with Gasteiger partial charge in [0, 0.05) is 25.2 Å². The van der Waals surface area contributed by atoms with Crippen molar-refractivity contribution in [2.24, 2.45) is 0 Å². The van der Waals surface area contributed by atoms with Gasteiger partial charge in [-0.3, -0.25) is 4.79 Å². The lowest BCUT2D eigenvalue weighted by molar-refractivity contribution is -0.129. The van der Waals surface area contributed by atoms with E-state index in [4.69, 9.17) is 0 Å². The third-order valence-corrected chi connectivity index (χ3v) is 3.46. The Morgan fingerprint density at radius 3 is 2.65 bits per heavy atom. The Morgan fingerprint density at radius 2 is 2.12 bits per heavy atom. The van der Waals surface area contributed by atoms with Crippen LogP contribution in [0.25, 0.3) is 0 Å². The van der Waals surface area contributed by atoms with Crippen LogP contribution in [0.5, 0.6) is 0 Å². The molecular formula is C12H14BrF2NO. The summed E-state index contributed by atoms with van der Waals surface area (Å²) in [5.41, 5.74) is 0.304. The van der Waals surface area contributed by atoms with E-state index in [1.165, 1.54) is 17.0 Å². The van der Waals surface area contributed by atoms with Crippen molar-refractivity contribution in [3.05, 3.63) is 35.4 Å². The lowest BCUT2D eigenvalue weighted by atomic mass is 10.2. The summed E-state index contributed by atoms with van der Waals surface area (Å²) in [5.74, 6) is -1.37. The number of carbonyl (C=O) groups is 1. The molecule has 1 aromatic rings. The minimum atomic E-state index is -0.632. The average Bonchev–Trinajstić information content (AvgIpc) is 2.30. The fourth-order valence-corrected chi connectivity index (χ4v) is 1.75. The van der Waals surface area contributed by atoms with E-state index in [0.717, 1.165) is 6.07 Å². The van der Waals surface area contributed by atoms with Crippen molar-refractivity contribution in [1.29, 1.82) is 0 Å². The van der Waals surface area contributed by atoms with E-state index >= 15 is 0 Å². The summed E-state index contributed by atoms with van der Waals surface area (Å²) in [7, 11) is 1.59. The second kappa shape index (κ2) is 6.10. The summed E-state index contributed by atoms with van der Waals surface area (Å²) >= 11 is 3.24. The van der Waals surface area contributed by atoms with Crippen molar-refractivity contribution in [3.63, 3.8) is 0 Å². The van der Waals surface area contributed by atoms with Crippen molar-refractivity contribution in [1.82, 2.24) is 4.90 Å². The molecule has 0 fully saturated rings. The van der Waals surface area contributed by atoms with Crippen LogP contribution in [0, 0.1) is 11.6 Å². The molecule has 1 rings (SSSR count). The minimum Gasteiger partial charge on any atom is -0.340 e. The van der Waals surface area contributed by atoms with Crippen LogP contribution in [-0.2, 0) is 11.3 Å². The number of carbonyl (C=O) groups excluding carboxylic acids is 1. The zero-order valence-corrected chi connectivity index (χ0v) is 11.3. The lowest BCUT2D eigenvalue weighted by Gasteiger charge is -2.20. The molecular weight excluding hydrogens is 292 g/mol. The predicted molar refractivity (Wildman–Crippen MR) is 65.8 cm³/mol. The number of amides is 1. The molecule has 0 aliphatic carbocycles. The summed E-state index contributed by atoms with van der Waals surface area (Å²) in [6, 6.07) is 3.35. The van der Waals surface area contributed by atoms with Crippen LogP contribution in [0.3, 0.4) is 0 Å². The topological polar surface area (TPSA) is 20.3 Å². The highest BCUT2D eigenvalue weighted by Crippen LogP contribution is 2.14. The van der Waals surface area contributed by atoms with Gasteiger partial charge in [0.05, 0.1) is 4.83 Å². The summed E-state index contributed by atoms with van der Waals surface area (Å²) in [4.78, 5) is 12.9. The third-order valence-electron chi connectivity index (χ3n) is 2.43. The van der Waals surface area contributed by atoms with Crippen molar-refractivity contribution >= 4 is 21.8 Å². The standard InChI is InChI=1S/C12H14BrF2NO/c1-3-10(13)12(17)16(2)7-8-4-5-9(14)6-11(8)15/h4-6,10H,3,7H2,1-2H3. The predicted octanol–water partition coefficient (Wildman–Crippen LogP) is 3.10. The van der Waals surface area contributed by atoms with Gasteiger partial charge in [-0.2, -0.15) is 0 Å². The van der Waals surface area contributed by atoms with Gasteiger partial charge in [0.2, 0.25) is 5.91 Å². The van der Waals surface area contributed by atoms with Crippen LogP contribution >= 0.6 is 15.9 Å². The van der Waals surface area contributed by atoms with Gasteiger partial charge in [0.1, 0.15) is 11.6 Å². The number of alkyl halides is 1. The number of hydrogen-bond acceptors (Lipinski definition) is 1. The SMILES string of the molecule is CCC(Br)C(=O)N(C)Cc1ccc(F)cc1F. The largest absolute Gasteiger partial charge is 0.340 e. The Kier molecular flexibility index (Phi) is 5.05. The summed E-state index contributed by atoms with van der Waals surface area (Å²) in [6.07, 6.45) is 0.662. The second-order valence-corrected chi connectivity index (χ2v) is 4.91. The maximum atomic E-state index is 13.4. The first-order valence-electron chi connectivity index (χ1n) is 5.28. The highest BCUT2D eigenvalue weighted by atomic mass is 79.9. The Hall–Kier alpha value is -0.970. The molecule has 0 aliphatic heterocycles. The van der Waals surface area contributed by atoms with Crippen LogP contribution in [0.15, 0.2) is 18.2 Å². The number of nitrogens with zero attached hydrogens (tertiary/aromatic N) is 1. The van der Waals surface area contributed by atoms with Crippen LogP contribution < -0.4 is 0 Å². The first kappa shape index (κ1) is 14.1. The van der Waals surface area contributed by atoms with Crippen LogP contribution in [0.2, 0.25) is 0 Å². The van der Waals surface area contributed by atoms with E-state index in [1.54, 1.807) is 7.05 Å². The molecule has 0 bridgehead atoms. The Bertz CT molecular complexity index is 411. The van der Waals surface area contributed by atoms with E-state index < -0.39 is 11.6 Å². The first-order chi connectivity index (χ1) is 7.95. The minimum absolute atomic E-state index is 0.115. The van der Waals surface area contributed by atoms with Crippen molar-refractivity contribution in [3.8, 4) is 0 Å². The van der Waals surface area contributed by atoms with Gasteiger partial charge in [-0.25, -0.2) is 8.78 Å².